The number of hydrogen-bond donors (Lipinski definition) is 2. The molecule has 0 bridgehead atoms. The fraction of sp³-hybridized carbons (Fsp3) is 1.00. The molecule has 0 radical (unpaired) electrons. The molecule has 2 nitrogen and oxygen atoms in total. The Kier molecular flexibility index (Phi) is 3.03. The van der Waals surface area contributed by atoms with Gasteiger partial charge in [0.05, 0.1) is 12.2 Å². The lowest BCUT2D eigenvalue weighted by Crippen LogP contribution is -2.49. The van der Waals surface area contributed by atoms with Crippen LogP contribution in [0.3, 0.4) is 0 Å². The molecule has 0 amide bonds. The third-order valence-electron chi connectivity index (χ3n) is 3.75. The summed E-state index contributed by atoms with van der Waals surface area (Å²) in [6, 6.07) is 0. The second-order valence-corrected chi connectivity index (χ2v) is 5.12. The van der Waals surface area contributed by atoms with Crippen molar-refractivity contribution >= 4 is 0 Å². The minimum absolute atomic E-state index is 0.160. The largest absolute Gasteiger partial charge is 0.390 e. The van der Waals surface area contributed by atoms with Crippen molar-refractivity contribution in [2.45, 2.75) is 52.7 Å². The predicted octanol–water partition coefficient (Wildman–Crippen LogP) is 1.80. The molecule has 1 fully saturated rings. The molecule has 0 aromatic rings. The van der Waals surface area contributed by atoms with Gasteiger partial charge >= 0.3 is 0 Å². The summed E-state index contributed by atoms with van der Waals surface area (Å²) in [5.41, 5.74) is 0.160. The number of aliphatic hydroxyl groups excluding tert-OH is 2. The molecule has 1 rings (SSSR count). The molecule has 0 aliphatic heterocycles. The second kappa shape index (κ2) is 3.58. The van der Waals surface area contributed by atoms with Gasteiger partial charge in [0.15, 0.2) is 0 Å². The van der Waals surface area contributed by atoms with E-state index in [1.54, 1.807) is 0 Å². The zero-order chi connectivity index (χ0) is 10.2. The first-order chi connectivity index (χ1) is 5.90. The van der Waals surface area contributed by atoms with E-state index in [1.807, 2.05) is 6.92 Å². The second-order valence-electron chi connectivity index (χ2n) is 5.12. The van der Waals surface area contributed by atoms with Crippen LogP contribution in [-0.2, 0) is 0 Å². The first kappa shape index (κ1) is 11.0. The van der Waals surface area contributed by atoms with Gasteiger partial charge in [-0.05, 0) is 23.7 Å². The molecule has 3 unspecified atom stereocenters. The van der Waals surface area contributed by atoms with Gasteiger partial charge < -0.3 is 10.2 Å². The molecule has 13 heavy (non-hydrogen) atoms. The molecule has 1 aliphatic rings. The van der Waals surface area contributed by atoms with Crippen molar-refractivity contribution in [1.29, 1.82) is 0 Å². The van der Waals surface area contributed by atoms with E-state index in [-0.39, 0.29) is 11.3 Å². The Labute approximate surface area is 81.0 Å². The molecule has 0 aromatic carbocycles. The van der Waals surface area contributed by atoms with E-state index in [4.69, 9.17) is 0 Å². The van der Waals surface area contributed by atoms with Crippen LogP contribution in [0.25, 0.3) is 0 Å². The Bertz CT molecular complexity index is 177. The Morgan fingerprint density at radius 1 is 1.31 bits per heavy atom. The van der Waals surface area contributed by atoms with E-state index in [9.17, 15) is 10.2 Å². The highest BCUT2D eigenvalue weighted by Gasteiger charge is 2.44. The van der Waals surface area contributed by atoms with E-state index in [1.165, 1.54) is 0 Å². The maximum atomic E-state index is 9.73. The maximum absolute atomic E-state index is 9.73. The van der Waals surface area contributed by atoms with Gasteiger partial charge in [-0.3, -0.25) is 0 Å². The van der Waals surface area contributed by atoms with Crippen molar-refractivity contribution in [3.63, 3.8) is 0 Å². The summed E-state index contributed by atoms with van der Waals surface area (Å²) < 4.78 is 0. The van der Waals surface area contributed by atoms with Crippen LogP contribution < -0.4 is 0 Å². The van der Waals surface area contributed by atoms with Crippen LogP contribution in [0.1, 0.15) is 40.5 Å². The molecule has 2 N–H and O–H groups in total. The van der Waals surface area contributed by atoms with Crippen molar-refractivity contribution < 1.29 is 10.2 Å². The van der Waals surface area contributed by atoms with Gasteiger partial charge in [0.25, 0.3) is 0 Å². The molecular formula is C11H22O2. The van der Waals surface area contributed by atoms with Crippen LogP contribution in [0.5, 0.6) is 0 Å². The molecule has 0 aromatic heterocycles. The summed E-state index contributed by atoms with van der Waals surface area (Å²) in [6.07, 6.45) is 0.736. The summed E-state index contributed by atoms with van der Waals surface area (Å²) in [5, 5.41) is 19.4. The van der Waals surface area contributed by atoms with Crippen molar-refractivity contribution in [2.24, 2.45) is 17.3 Å². The zero-order valence-electron chi connectivity index (χ0n) is 9.12. The molecule has 0 spiro atoms. The molecule has 1 aliphatic carbocycles. The summed E-state index contributed by atoms with van der Waals surface area (Å²) >= 11 is 0. The van der Waals surface area contributed by atoms with Gasteiger partial charge in [0.1, 0.15) is 0 Å². The van der Waals surface area contributed by atoms with Crippen LogP contribution in [0.4, 0.5) is 0 Å². The van der Waals surface area contributed by atoms with Gasteiger partial charge in [-0.2, -0.15) is 0 Å². The van der Waals surface area contributed by atoms with Crippen molar-refractivity contribution in [3.8, 4) is 0 Å². The average molecular weight is 186 g/mol. The lowest BCUT2D eigenvalue weighted by molar-refractivity contribution is -0.110. The molecule has 4 atom stereocenters. The van der Waals surface area contributed by atoms with E-state index in [0.717, 1.165) is 12.8 Å². The topological polar surface area (TPSA) is 40.5 Å². The lowest BCUT2D eigenvalue weighted by atomic mass is 9.61. The Morgan fingerprint density at radius 2 is 1.85 bits per heavy atom. The Balaban J connectivity index is 2.82. The molecular weight excluding hydrogens is 164 g/mol. The SMILES string of the molecule is CCC1C(C)C(O)[C@@H](O)CC1(C)C. The number of aliphatic hydroxyl groups is 2. The molecule has 0 saturated heterocycles. The smallest absolute Gasteiger partial charge is 0.0827 e. The zero-order valence-corrected chi connectivity index (χ0v) is 9.12. The first-order valence-electron chi connectivity index (χ1n) is 5.26. The van der Waals surface area contributed by atoms with Gasteiger partial charge in [-0.1, -0.05) is 34.1 Å². The van der Waals surface area contributed by atoms with Crippen molar-refractivity contribution in [3.05, 3.63) is 0 Å². The van der Waals surface area contributed by atoms with Crippen molar-refractivity contribution in [1.82, 2.24) is 0 Å². The van der Waals surface area contributed by atoms with Gasteiger partial charge in [0.2, 0.25) is 0 Å². The van der Waals surface area contributed by atoms with Gasteiger partial charge in [-0.25, -0.2) is 0 Å². The third kappa shape index (κ3) is 1.89. The highest BCUT2D eigenvalue weighted by molar-refractivity contribution is 4.94. The fourth-order valence-corrected chi connectivity index (χ4v) is 3.04. The van der Waals surface area contributed by atoms with E-state index < -0.39 is 12.2 Å². The minimum atomic E-state index is -0.534. The summed E-state index contributed by atoms with van der Waals surface area (Å²) in [7, 11) is 0. The minimum Gasteiger partial charge on any atom is -0.390 e. The van der Waals surface area contributed by atoms with E-state index in [2.05, 4.69) is 20.8 Å². The highest BCUT2D eigenvalue weighted by Crippen LogP contribution is 2.45. The van der Waals surface area contributed by atoms with Crippen LogP contribution in [0.2, 0.25) is 0 Å². The fourth-order valence-electron chi connectivity index (χ4n) is 3.04. The monoisotopic (exact) mass is 186 g/mol. The average Bonchev–Trinajstić information content (AvgIpc) is 2.00. The lowest BCUT2D eigenvalue weighted by Gasteiger charge is -2.47. The summed E-state index contributed by atoms with van der Waals surface area (Å²) in [5.74, 6) is 0.731. The quantitative estimate of drug-likeness (QED) is 0.655. The Morgan fingerprint density at radius 3 is 2.31 bits per heavy atom. The van der Waals surface area contributed by atoms with Gasteiger partial charge in [-0.15, -0.1) is 0 Å². The molecule has 0 heterocycles. The standard InChI is InChI=1S/C11H22O2/c1-5-8-7(2)10(13)9(12)6-11(8,3)4/h7-10,12-13H,5-6H2,1-4H3/t7?,8?,9-,10?/m0/s1. The van der Waals surface area contributed by atoms with Crippen molar-refractivity contribution in [2.75, 3.05) is 0 Å². The number of rotatable bonds is 1. The molecule has 78 valence electrons. The number of hydrogen-bond acceptors (Lipinski definition) is 2. The highest BCUT2D eigenvalue weighted by atomic mass is 16.3. The van der Waals surface area contributed by atoms with E-state index >= 15 is 0 Å². The third-order valence-corrected chi connectivity index (χ3v) is 3.75. The normalized spacial score (nSPS) is 44.8. The van der Waals surface area contributed by atoms with E-state index in [0.29, 0.717) is 5.92 Å². The molecule has 1 saturated carbocycles. The van der Waals surface area contributed by atoms with Gasteiger partial charge in [0, 0.05) is 0 Å². The van der Waals surface area contributed by atoms with Crippen LogP contribution >= 0.6 is 0 Å². The summed E-state index contributed by atoms with van der Waals surface area (Å²) in [6.45, 7) is 8.58. The van der Waals surface area contributed by atoms with Crippen LogP contribution in [0.15, 0.2) is 0 Å². The van der Waals surface area contributed by atoms with Crippen LogP contribution in [0, 0.1) is 17.3 Å². The first-order valence-corrected chi connectivity index (χ1v) is 5.26. The molecule has 2 heteroatoms. The summed E-state index contributed by atoms with van der Waals surface area (Å²) in [4.78, 5) is 0. The van der Waals surface area contributed by atoms with Crippen LogP contribution in [-0.4, -0.2) is 22.4 Å². The maximum Gasteiger partial charge on any atom is 0.0827 e. The predicted molar refractivity (Wildman–Crippen MR) is 53.4 cm³/mol. The Hall–Kier alpha value is -0.0800.